The van der Waals surface area contributed by atoms with Crippen molar-refractivity contribution < 1.29 is 46.0 Å². The molecule has 1 radical (unpaired) electrons. The van der Waals surface area contributed by atoms with Crippen molar-refractivity contribution in [3.63, 3.8) is 0 Å². The molecule has 14 nitrogen and oxygen atoms in total. The summed E-state index contributed by atoms with van der Waals surface area (Å²) in [6.07, 6.45) is 13.8. The molecule has 2 aliphatic rings. The van der Waals surface area contributed by atoms with Gasteiger partial charge in [-0.25, -0.2) is 0 Å². The number of ketones is 2. The van der Waals surface area contributed by atoms with Crippen molar-refractivity contribution in [3.05, 3.63) is 162 Å². The maximum atomic E-state index is 11.9. The molecule has 0 atom stereocenters. The average molecular weight is 666 g/mol. The molecule has 4 rings (SSSR count). The number of carbonyl (C=O) groups is 2. The van der Waals surface area contributed by atoms with E-state index in [2.05, 4.69) is 10.6 Å². The molecule has 0 spiro atoms. The Morgan fingerprint density at radius 2 is 0.911 bits per heavy atom. The van der Waals surface area contributed by atoms with Gasteiger partial charge in [0.1, 0.15) is 0 Å². The predicted molar refractivity (Wildman–Crippen MR) is 165 cm³/mol. The number of hydrogen-bond acceptors (Lipinski definition) is 12. The molecule has 0 aromatic heterocycles. The van der Waals surface area contributed by atoms with Crippen LogP contribution in [0.4, 0.5) is 11.4 Å². The molecule has 0 saturated heterocycles. The van der Waals surface area contributed by atoms with Crippen molar-refractivity contribution in [3.8, 4) is 0 Å². The quantitative estimate of drug-likeness (QED) is 0.225. The molecule has 0 bridgehead atoms. The number of aryl methyl sites for hydroxylation is 2. The molecule has 2 aromatic carbocycles. The molecule has 15 heteroatoms. The zero-order valence-corrected chi connectivity index (χ0v) is 25.6. The number of carbonyl (C=O) groups excluding carboxylic acids is 2. The van der Waals surface area contributed by atoms with Crippen molar-refractivity contribution in [2.45, 2.75) is 13.8 Å². The second kappa shape index (κ2) is 21.1. The van der Waals surface area contributed by atoms with Crippen molar-refractivity contribution in [1.29, 1.82) is 0 Å². The summed E-state index contributed by atoms with van der Waals surface area (Å²) in [5.74, 6) is 0.489. The van der Waals surface area contributed by atoms with E-state index < -0.39 is 10.2 Å². The van der Waals surface area contributed by atoms with Crippen LogP contribution in [-0.2, 0) is 35.8 Å². The average Bonchev–Trinajstić information content (AvgIpc) is 2.97. The van der Waals surface area contributed by atoms with Gasteiger partial charge in [-0.2, -0.15) is 0 Å². The fraction of sp³-hybridized carbons (Fsp3) is 0.133. The minimum atomic E-state index is -1.75. The van der Waals surface area contributed by atoms with Crippen LogP contribution >= 0.6 is 0 Å². The summed E-state index contributed by atoms with van der Waals surface area (Å²) in [6, 6.07) is 15.9. The van der Waals surface area contributed by atoms with Crippen LogP contribution in [-0.4, -0.2) is 36.0 Å². The van der Waals surface area contributed by atoms with Crippen LogP contribution in [0.1, 0.15) is 11.1 Å². The number of nitrogens with one attached hydrogen (secondary N) is 2. The summed E-state index contributed by atoms with van der Waals surface area (Å²) >= 11 is 0. The molecule has 0 unspecified atom stereocenters. The Kier molecular flexibility index (Phi) is 18.4. The standard InChI is InChI=1S/2C15H15NO2.Co.2NO3/c2*1-11-6-8-13(9-7-11)16-10-12-4-3-5-14(18-2)15(12)17;;2*2-1(3)4/h2*3-10,16H,1-2H3;;;/q;;+2;2*-1/b2*12-10-;;;. The Bertz CT molecular complexity index is 1370. The molecule has 0 heterocycles. The van der Waals surface area contributed by atoms with Gasteiger partial charge in [0.15, 0.2) is 11.5 Å². The van der Waals surface area contributed by atoms with Crippen LogP contribution in [0, 0.1) is 44.5 Å². The van der Waals surface area contributed by atoms with Gasteiger partial charge in [0.05, 0.1) is 24.4 Å². The number of benzene rings is 2. The SMILES string of the molecule is COC1=CC=C/C(=C/Nc2ccc(C)cc2)C1=O.COC1=CC=C/C(=C/Nc2ccc(C)cc2)C1=O.O=[N+]([O-])[O-].O=[N+]([O-])[O-].[Co+2]. The number of hydrogen-bond donors (Lipinski definition) is 2. The first kappa shape index (κ1) is 39.3. The molecule has 2 aromatic rings. The summed E-state index contributed by atoms with van der Waals surface area (Å²) < 4.78 is 9.99. The molecule has 2 N–H and O–H groups in total. The van der Waals surface area contributed by atoms with Gasteiger partial charge >= 0.3 is 16.8 Å². The first-order valence-corrected chi connectivity index (χ1v) is 12.5. The third-order valence-electron chi connectivity index (χ3n) is 5.35. The molecular weight excluding hydrogens is 635 g/mol. The fourth-order valence-corrected chi connectivity index (χ4v) is 3.24. The van der Waals surface area contributed by atoms with E-state index in [0.717, 1.165) is 11.4 Å². The smallest absolute Gasteiger partial charge is 0.493 e. The summed E-state index contributed by atoms with van der Waals surface area (Å²) in [5.41, 5.74) is 5.45. The van der Waals surface area contributed by atoms with Crippen molar-refractivity contribution in [2.24, 2.45) is 0 Å². The number of rotatable bonds is 6. The Morgan fingerprint density at radius 3 is 1.18 bits per heavy atom. The minimum absolute atomic E-state index is 0. The van der Waals surface area contributed by atoms with E-state index in [0.29, 0.717) is 22.7 Å². The van der Waals surface area contributed by atoms with E-state index in [4.69, 9.17) is 40.1 Å². The Hall–Kier alpha value is -5.67. The minimum Gasteiger partial charge on any atom is -0.493 e. The van der Waals surface area contributed by atoms with Gasteiger partial charge < -0.3 is 50.8 Å². The largest absolute Gasteiger partial charge is 2.00 e. The van der Waals surface area contributed by atoms with Crippen LogP contribution in [0.5, 0.6) is 0 Å². The molecular formula is C30H30CoN4O10. The maximum absolute atomic E-state index is 11.9. The fourth-order valence-electron chi connectivity index (χ4n) is 3.24. The third-order valence-corrected chi connectivity index (χ3v) is 5.35. The van der Waals surface area contributed by atoms with E-state index in [1.54, 1.807) is 48.9 Å². The van der Waals surface area contributed by atoms with Crippen molar-refractivity contribution >= 4 is 22.9 Å². The Balaban J connectivity index is 0.000000684. The monoisotopic (exact) mass is 665 g/mol. The second-order valence-corrected chi connectivity index (χ2v) is 8.51. The molecule has 0 amide bonds. The van der Waals surface area contributed by atoms with Gasteiger partial charge in [0.25, 0.3) is 0 Å². The number of Topliss-reactive ketones (excluding diaryl/α,β-unsaturated/α-hetero) is 2. The summed E-state index contributed by atoms with van der Waals surface area (Å²) in [6.45, 7) is 4.07. The first-order valence-electron chi connectivity index (χ1n) is 12.5. The van der Waals surface area contributed by atoms with Crippen LogP contribution in [0.2, 0.25) is 0 Å². The zero-order valence-electron chi connectivity index (χ0n) is 24.5. The van der Waals surface area contributed by atoms with Gasteiger partial charge in [0, 0.05) is 34.9 Å². The Labute approximate surface area is 269 Å². The van der Waals surface area contributed by atoms with Crippen molar-refractivity contribution in [1.82, 2.24) is 0 Å². The number of ether oxygens (including phenoxy) is 2. The van der Waals surface area contributed by atoms with Crippen LogP contribution in [0.15, 0.2) is 120 Å². The van der Waals surface area contributed by atoms with Gasteiger partial charge in [-0.1, -0.05) is 47.5 Å². The number of nitrogens with zero attached hydrogens (tertiary/aromatic N) is 2. The van der Waals surface area contributed by atoms with E-state index in [1.807, 2.05) is 62.4 Å². The molecule has 45 heavy (non-hydrogen) atoms. The van der Waals surface area contributed by atoms with E-state index in [9.17, 15) is 9.59 Å². The molecule has 2 aliphatic carbocycles. The Morgan fingerprint density at radius 1 is 0.622 bits per heavy atom. The second-order valence-electron chi connectivity index (χ2n) is 8.51. The topological polar surface area (TPSA) is 209 Å². The van der Waals surface area contributed by atoms with Gasteiger partial charge in [0.2, 0.25) is 11.6 Å². The predicted octanol–water partition coefficient (Wildman–Crippen LogP) is 5.44. The van der Waals surface area contributed by atoms with Gasteiger partial charge in [-0.15, -0.1) is 0 Å². The van der Waals surface area contributed by atoms with Crippen LogP contribution < -0.4 is 10.6 Å². The third kappa shape index (κ3) is 15.9. The zero-order chi connectivity index (χ0) is 33.1. The normalized spacial score (nSPS) is 14.4. The first-order chi connectivity index (χ1) is 20.9. The van der Waals surface area contributed by atoms with Crippen molar-refractivity contribution in [2.75, 3.05) is 24.9 Å². The number of anilines is 2. The van der Waals surface area contributed by atoms with Crippen LogP contribution in [0.25, 0.3) is 0 Å². The maximum Gasteiger partial charge on any atom is 2.00 e. The molecule has 0 aliphatic heterocycles. The van der Waals surface area contributed by atoms with E-state index in [1.165, 1.54) is 25.3 Å². The number of methoxy groups -OCH3 is 2. The number of allylic oxidation sites excluding steroid dienone is 8. The van der Waals surface area contributed by atoms with Crippen LogP contribution in [0.3, 0.4) is 0 Å². The van der Waals surface area contributed by atoms with Gasteiger partial charge in [-0.3, -0.25) is 9.59 Å². The molecule has 239 valence electrons. The van der Waals surface area contributed by atoms with E-state index >= 15 is 0 Å². The van der Waals surface area contributed by atoms with E-state index in [-0.39, 0.29) is 28.3 Å². The summed E-state index contributed by atoms with van der Waals surface area (Å²) in [4.78, 5) is 40.3. The molecule has 0 saturated carbocycles. The van der Waals surface area contributed by atoms with Gasteiger partial charge in [-0.05, 0) is 62.4 Å². The summed E-state index contributed by atoms with van der Waals surface area (Å²) in [7, 11) is 2.99. The summed E-state index contributed by atoms with van der Waals surface area (Å²) in [5, 5.41) is 35.7. The molecule has 0 fully saturated rings.